The summed E-state index contributed by atoms with van der Waals surface area (Å²) in [6.07, 6.45) is 0.713. The fourth-order valence-corrected chi connectivity index (χ4v) is 2.33. The van der Waals surface area contributed by atoms with Crippen molar-refractivity contribution in [2.45, 2.75) is 13.3 Å². The summed E-state index contributed by atoms with van der Waals surface area (Å²) in [5, 5.41) is 0. The zero-order valence-electron chi connectivity index (χ0n) is 12.8. The van der Waals surface area contributed by atoms with Crippen LogP contribution in [0, 0.1) is 0 Å². The number of hydrogen-bond acceptors (Lipinski definition) is 5. The molecule has 0 atom stereocenters. The van der Waals surface area contributed by atoms with Crippen LogP contribution in [0.15, 0.2) is 30.3 Å². The molecular formula is C17H18O5. The molecule has 2 rings (SSSR count). The van der Waals surface area contributed by atoms with Crippen LogP contribution in [-0.2, 0) is 9.47 Å². The van der Waals surface area contributed by atoms with Gasteiger partial charge in [0.15, 0.2) is 0 Å². The normalized spacial score (nSPS) is 10.3. The summed E-state index contributed by atoms with van der Waals surface area (Å²) in [6.45, 7) is 2.22. The van der Waals surface area contributed by atoms with Crippen molar-refractivity contribution in [1.29, 1.82) is 0 Å². The van der Waals surface area contributed by atoms with Gasteiger partial charge in [0, 0.05) is 11.1 Å². The van der Waals surface area contributed by atoms with Gasteiger partial charge >= 0.3 is 11.9 Å². The van der Waals surface area contributed by atoms with Crippen molar-refractivity contribution in [3.63, 3.8) is 0 Å². The lowest BCUT2D eigenvalue weighted by Gasteiger charge is -2.06. The van der Waals surface area contributed by atoms with Gasteiger partial charge in [-0.25, -0.2) is 9.59 Å². The third-order valence-corrected chi connectivity index (χ3v) is 3.27. The van der Waals surface area contributed by atoms with Gasteiger partial charge in [0.05, 0.1) is 20.8 Å². The molecule has 0 N–H and O–H groups in total. The van der Waals surface area contributed by atoms with E-state index in [1.165, 1.54) is 14.2 Å². The number of esters is 2. The average molecular weight is 302 g/mol. The van der Waals surface area contributed by atoms with Crippen molar-refractivity contribution in [2.24, 2.45) is 0 Å². The second-order valence-corrected chi connectivity index (χ2v) is 4.65. The van der Waals surface area contributed by atoms with Gasteiger partial charge in [-0.1, -0.05) is 37.3 Å². The number of carbonyl (C=O) groups is 2. The van der Waals surface area contributed by atoms with Crippen LogP contribution < -0.4 is 4.74 Å². The standard InChI is InChI=1S/C17H18O5/c1-4-10-22-17(19)14-12-9-7-5-6-8-11(12)13(15(14)20-2)16(18)21-3/h5-9H,4,10H2,1-3H3. The topological polar surface area (TPSA) is 61.8 Å². The Morgan fingerprint density at radius 2 is 1.55 bits per heavy atom. The minimum Gasteiger partial charge on any atom is -0.495 e. The Kier molecular flexibility index (Phi) is 4.99. The molecule has 2 aliphatic rings. The zero-order valence-corrected chi connectivity index (χ0v) is 12.8. The number of fused-ring (bicyclic) bond motifs is 1. The molecule has 0 bridgehead atoms. The van der Waals surface area contributed by atoms with Crippen LogP contribution in [0.3, 0.4) is 0 Å². The summed E-state index contributed by atoms with van der Waals surface area (Å²) < 4.78 is 15.3. The maximum atomic E-state index is 12.4. The van der Waals surface area contributed by atoms with Gasteiger partial charge in [-0.15, -0.1) is 0 Å². The molecule has 0 fully saturated rings. The zero-order chi connectivity index (χ0) is 16.1. The fourth-order valence-electron chi connectivity index (χ4n) is 2.33. The van der Waals surface area contributed by atoms with E-state index in [0.717, 1.165) is 0 Å². The Morgan fingerprint density at radius 3 is 2.05 bits per heavy atom. The Bertz CT molecular complexity index is 662. The fraction of sp³-hybridized carbons (Fsp3) is 0.294. The van der Waals surface area contributed by atoms with Gasteiger partial charge in [0.2, 0.25) is 0 Å². The Morgan fingerprint density at radius 1 is 0.955 bits per heavy atom. The largest absolute Gasteiger partial charge is 0.495 e. The second-order valence-electron chi connectivity index (χ2n) is 4.65. The lowest BCUT2D eigenvalue weighted by atomic mass is 10.1. The van der Waals surface area contributed by atoms with Crippen molar-refractivity contribution in [1.82, 2.24) is 0 Å². The Balaban J connectivity index is 2.70. The van der Waals surface area contributed by atoms with Crippen molar-refractivity contribution in [3.05, 3.63) is 41.5 Å². The first kappa shape index (κ1) is 15.8. The van der Waals surface area contributed by atoms with Gasteiger partial charge in [-0.3, -0.25) is 0 Å². The Hall–Kier alpha value is -2.56. The van der Waals surface area contributed by atoms with Gasteiger partial charge in [0.1, 0.15) is 16.9 Å². The highest BCUT2D eigenvalue weighted by molar-refractivity contribution is 6.12. The molecule has 0 aromatic carbocycles. The molecule has 0 radical (unpaired) electrons. The number of methoxy groups -OCH3 is 2. The molecule has 5 heteroatoms. The van der Waals surface area contributed by atoms with Gasteiger partial charge in [-0.2, -0.15) is 0 Å². The highest BCUT2D eigenvalue weighted by Crippen LogP contribution is 2.42. The van der Waals surface area contributed by atoms with Crippen molar-refractivity contribution < 1.29 is 23.8 Å². The monoisotopic (exact) mass is 302 g/mol. The molecule has 0 amide bonds. The first-order chi connectivity index (χ1) is 10.7. The number of hydrogen-bond donors (Lipinski definition) is 0. The first-order valence-corrected chi connectivity index (χ1v) is 6.99. The van der Waals surface area contributed by atoms with Crippen molar-refractivity contribution in [2.75, 3.05) is 20.8 Å². The van der Waals surface area contributed by atoms with Gasteiger partial charge < -0.3 is 14.2 Å². The van der Waals surface area contributed by atoms with Crippen LogP contribution >= 0.6 is 0 Å². The molecule has 116 valence electrons. The molecule has 0 heterocycles. The minimum atomic E-state index is -0.553. The smallest absolute Gasteiger partial charge is 0.342 e. The molecule has 0 aliphatic heterocycles. The van der Waals surface area contributed by atoms with E-state index in [0.29, 0.717) is 24.2 Å². The van der Waals surface area contributed by atoms with E-state index in [2.05, 4.69) is 0 Å². The molecule has 2 aliphatic carbocycles. The molecular weight excluding hydrogens is 284 g/mol. The molecule has 0 unspecified atom stereocenters. The molecule has 0 saturated heterocycles. The van der Waals surface area contributed by atoms with E-state index in [9.17, 15) is 9.59 Å². The summed E-state index contributed by atoms with van der Waals surface area (Å²) in [4.78, 5) is 24.5. The number of ether oxygens (including phenoxy) is 3. The Labute approximate surface area is 129 Å². The molecule has 0 aromatic heterocycles. The summed E-state index contributed by atoms with van der Waals surface area (Å²) >= 11 is 0. The van der Waals surface area contributed by atoms with E-state index in [4.69, 9.17) is 14.2 Å². The van der Waals surface area contributed by atoms with Crippen molar-refractivity contribution in [3.8, 4) is 16.9 Å². The van der Waals surface area contributed by atoms with Crippen LogP contribution in [0.25, 0.3) is 11.1 Å². The molecule has 0 saturated carbocycles. The van der Waals surface area contributed by atoms with Crippen LogP contribution in [-0.4, -0.2) is 32.8 Å². The van der Waals surface area contributed by atoms with E-state index in [-0.39, 0.29) is 16.9 Å². The molecule has 0 spiro atoms. The van der Waals surface area contributed by atoms with E-state index in [1.54, 1.807) is 24.3 Å². The first-order valence-electron chi connectivity index (χ1n) is 6.99. The molecule has 5 nitrogen and oxygen atoms in total. The van der Waals surface area contributed by atoms with Crippen molar-refractivity contribution >= 4 is 11.9 Å². The predicted molar refractivity (Wildman–Crippen MR) is 81.5 cm³/mol. The minimum absolute atomic E-state index is 0.189. The molecule has 22 heavy (non-hydrogen) atoms. The molecule has 0 aromatic rings. The highest BCUT2D eigenvalue weighted by Gasteiger charge is 2.32. The van der Waals surface area contributed by atoms with Gasteiger partial charge in [-0.05, 0) is 6.42 Å². The SMILES string of the molecule is CCCOC(=O)c1c2cccccc-2c(C(=O)OC)c1OC. The average Bonchev–Trinajstić information content (AvgIpc) is 2.67. The van der Waals surface area contributed by atoms with E-state index in [1.807, 2.05) is 13.0 Å². The lowest BCUT2D eigenvalue weighted by molar-refractivity contribution is 0.0503. The van der Waals surface area contributed by atoms with E-state index < -0.39 is 11.9 Å². The summed E-state index contributed by atoms with van der Waals surface area (Å²) in [7, 11) is 2.70. The maximum absolute atomic E-state index is 12.4. The quantitative estimate of drug-likeness (QED) is 0.794. The number of rotatable bonds is 5. The third-order valence-electron chi connectivity index (χ3n) is 3.27. The van der Waals surface area contributed by atoms with Gasteiger partial charge in [0.25, 0.3) is 0 Å². The third kappa shape index (κ3) is 2.74. The maximum Gasteiger partial charge on any atom is 0.342 e. The van der Waals surface area contributed by atoms with Crippen LogP contribution in [0.1, 0.15) is 34.1 Å². The summed E-state index contributed by atoms with van der Waals surface area (Å²) in [5.74, 6) is -0.873. The predicted octanol–water partition coefficient (Wildman–Crippen LogP) is 3.15. The summed E-state index contributed by atoms with van der Waals surface area (Å²) in [5.41, 5.74) is 1.68. The second kappa shape index (κ2) is 6.93. The van der Waals surface area contributed by atoms with Crippen LogP contribution in [0.2, 0.25) is 0 Å². The van der Waals surface area contributed by atoms with Crippen LogP contribution in [0.4, 0.5) is 0 Å². The highest BCUT2D eigenvalue weighted by atomic mass is 16.5. The summed E-state index contributed by atoms with van der Waals surface area (Å²) in [6, 6.07) is 8.90. The van der Waals surface area contributed by atoms with E-state index >= 15 is 0 Å². The number of carbonyl (C=O) groups excluding carboxylic acids is 2. The van der Waals surface area contributed by atoms with Crippen LogP contribution in [0.5, 0.6) is 5.75 Å². The lowest BCUT2D eigenvalue weighted by Crippen LogP contribution is -2.08.